The minimum atomic E-state index is -4.56. The number of hydrogen-bond donors (Lipinski definition) is 2. The largest absolute Gasteiger partial charge is 0.756 e. The predicted octanol–water partition coefficient (Wildman–Crippen LogP) is 14.7. The zero-order valence-corrected chi connectivity index (χ0v) is 41.8. The smallest absolute Gasteiger partial charge is 0.268 e. The molecule has 1 amide bonds. The van der Waals surface area contributed by atoms with Crippen LogP contribution in [0.15, 0.2) is 0 Å². The van der Waals surface area contributed by atoms with E-state index in [1.165, 1.54) is 205 Å². The Hall–Kier alpha value is -0.500. The third-order valence-electron chi connectivity index (χ3n) is 12.3. The van der Waals surface area contributed by atoms with Gasteiger partial charge in [0.15, 0.2) is 0 Å². The molecule has 9 heteroatoms. The van der Waals surface area contributed by atoms with Gasteiger partial charge in [0.2, 0.25) is 5.91 Å². The monoisotopic (exact) mass is 873 g/mol. The first-order valence-electron chi connectivity index (χ1n) is 26.4. The second-order valence-corrected chi connectivity index (χ2v) is 21.0. The number of unbranched alkanes of at least 4 members (excludes halogenated alkanes) is 36. The van der Waals surface area contributed by atoms with E-state index in [0.717, 1.165) is 38.5 Å². The van der Waals surface area contributed by atoms with Gasteiger partial charge < -0.3 is 28.8 Å². The molecule has 0 heterocycles. The van der Waals surface area contributed by atoms with Crippen LogP contribution in [0.4, 0.5) is 0 Å². The van der Waals surface area contributed by atoms with E-state index in [1.807, 2.05) is 21.1 Å². The van der Waals surface area contributed by atoms with Crippen molar-refractivity contribution < 1.29 is 32.9 Å². The normalized spacial score (nSPS) is 14.1. The molecule has 0 aliphatic carbocycles. The van der Waals surface area contributed by atoms with Crippen molar-refractivity contribution in [1.29, 1.82) is 0 Å². The summed E-state index contributed by atoms with van der Waals surface area (Å²) in [6, 6.07) is -0.794. The second kappa shape index (κ2) is 43.7. The molecule has 2 N–H and O–H groups in total. The van der Waals surface area contributed by atoms with Crippen molar-refractivity contribution in [3.63, 3.8) is 0 Å². The molecule has 0 rings (SSSR count). The van der Waals surface area contributed by atoms with Crippen LogP contribution < -0.4 is 10.2 Å². The molecular formula is C51H105N2O6P. The minimum absolute atomic E-state index is 0.0164. The second-order valence-electron chi connectivity index (χ2n) is 19.6. The lowest BCUT2D eigenvalue weighted by molar-refractivity contribution is -0.870. The van der Waals surface area contributed by atoms with Gasteiger partial charge >= 0.3 is 0 Å². The molecule has 0 radical (unpaired) electrons. The summed E-state index contributed by atoms with van der Waals surface area (Å²) in [4.78, 5) is 25.4. The van der Waals surface area contributed by atoms with Gasteiger partial charge in [-0.15, -0.1) is 0 Å². The van der Waals surface area contributed by atoms with Crippen molar-refractivity contribution in [2.24, 2.45) is 0 Å². The van der Waals surface area contributed by atoms with Crippen molar-refractivity contribution in [2.45, 2.75) is 283 Å². The van der Waals surface area contributed by atoms with Crippen molar-refractivity contribution in [3.05, 3.63) is 0 Å². The molecule has 360 valence electrons. The van der Waals surface area contributed by atoms with E-state index in [0.29, 0.717) is 23.9 Å². The molecule has 0 saturated heterocycles. The molecule has 3 unspecified atom stereocenters. The number of nitrogens with zero attached hydrogens (tertiary/aromatic N) is 1. The zero-order valence-electron chi connectivity index (χ0n) is 40.9. The van der Waals surface area contributed by atoms with E-state index in [1.54, 1.807) is 0 Å². The van der Waals surface area contributed by atoms with Crippen LogP contribution in [0.2, 0.25) is 0 Å². The standard InChI is InChI=1S/C51H105N2O6P/c1-6-8-10-12-14-16-18-20-22-23-24-25-26-27-28-29-30-31-32-34-36-38-40-42-44-50(54)49(48-59-60(56,57)58-47-46-53(3,4)5)52-51(55)45-43-41-39-37-35-33-21-19-17-15-13-11-9-7-2/h49-50,54H,6-48H2,1-5H3,(H-,52,55,56,57). The molecule has 0 aromatic heterocycles. The summed E-state index contributed by atoms with van der Waals surface area (Å²) in [5.41, 5.74) is 0. The number of carbonyl (C=O) groups excluding carboxylic acids is 1. The summed E-state index contributed by atoms with van der Waals surface area (Å²) in [6.45, 7) is 4.76. The highest BCUT2D eigenvalue weighted by molar-refractivity contribution is 7.45. The van der Waals surface area contributed by atoms with E-state index < -0.39 is 20.0 Å². The molecule has 0 aromatic rings. The summed E-state index contributed by atoms with van der Waals surface area (Å²) in [7, 11) is 1.32. The van der Waals surface area contributed by atoms with E-state index >= 15 is 0 Å². The van der Waals surface area contributed by atoms with Crippen LogP contribution >= 0.6 is 7.82 Å². The Kier molecular flexibility index (Phi) is 43.4. The predicted molar refractivity (Wildman–Crippen MR) is 256 cm³/mol. The van der Waals surface area contributed by atoms with Crippen LogP contribution in [0.1, 0.15) is 271 Å². The number of amides is 1. The maximum Gasteiger partial charge on any atom is 0.268 e. The van der Waals surface area contributed by atoms with Gasteiger partial charge in [-0.1, -0.05) is 251 Å². The van der Waals surface area contributed by atoms with Crippen molar-refractivity contribution in [3.8, 4) is 0 Å². The van der Waals surface area contributed by atoms with Crippen LogP contribution in [-0.4, -0.2) is 68.5 Å². The number of quaternary nitrogens is 1. The highest BCUT2D eigenvalue weighted by atomic mass is 31.2. The Bertz CT molecular complexity index is 947. The molecule has 0 spiro atoms. The number of phosphoric ester groups is 1. The lowest BCUT2D eigenvalue weighted by Crippen LogP contribution is -2.46. The number of aliphatic hydroxyl groups excluding tert-OH is 1. The van der Waals surface area contributed by atoms with Crippen LogP contribution in [0, 0.1) is 0 Å². The average molecular weight is 873 g/mol. The fourth-order valence-corrected chi connectivity index (χ4v) is 8.88. The van der Waals surface area contributed by atoms with Gasteiger partial charge in [0.05, 0.1) is 39.9 Å². The van der Waals surface area contributed by atoms with E-state index in [4.69, 9.17) is 9.05 Å². The summed E-state index contributed by atoms with van der Waals surface area (Å²) in [6.07, 6.45) is 49.8. The average Bonchev–Trinajstić information content (AvgIpc) is 3.20. The fourth-order valence-electron chi connectivity index (χ4n) is 8.16. The molecule has 0 saturated carbocycles. The number of nitrogens with one attached hydrogen (secondary N) is 1. The first-order valence-corrected chi connectivity index (χ1v) is 27.8. The SMILES string of the molecule is CCCCCCCCCCCCCCCCCCCCCCCCCCC(O)C(COP(=O)([O-])OCC[N+](C)(C)C)NC(=O)CCCCCCCCCCCCCCCC. The van der Waals surface area contributed by atoms with Crippen LogP contribution in [-0.2, 0) is 18.4 Å². The van der Waals surface area contributed by atoms with E-state index in [-0.39, 0.29) is 19.1 Å². The van der Waals surface area contributed by atoms with Gasteiger partial charge in [-0.3, -0.25) is 9.36 Å². The molecule has 0 aromatic carbocycles. The molecular weight excluding hydrogens is 768 g/mol. The third-order valence-corrected chi connectivity index (χ3v) is 13.3. The zero-order chi connectivity index (χ0) is 44.3. The van der Waals surface area contributed by atoms with E-state index in [9.17, 15) is 19.4 Å². The van der Waals surface area contributed by atoms with Gasteiger partial charge in [-0.2, -0.15) is 0 Å². The Labute approximate surface area is 374 Å². The van der Waals surface area contributed by atoms with Gasteiger partial charge in [-0.25, -0.2) is 0 Å². The highest BCUT2D eigenvalue weighted by Gasteiger charge is 2.24. The molecule has 3 atom stereocenters. The van der Waals surface area contributed by atoms with Crippen LogP contribution in [0.25, 0.3) is 0 Å². The van der Waals surface area contributed by atoms with Crippen molar-refractivity contribution in [1.82, 2.24) is 5.32 Å². The Morgan fingerprint density at radius 3 is 1.13 bits per heavy atom. The number of aliphatic hydroxyl groups is 1. The number of carbonyl (C=O) groups is 1. The Morgan fingerprint density at radius 1 is 0.517 bits per heavy atom. The molecule has 0 fully saturated rings. The number of phosphoric acid groups is 1. The maximum absolute atomic E-state index is 12.9. The molecule has 8 nitrogen and oxygen atoms in total. The summed E-state index contributed by atoms with van der Waals surface area (Å²) in [5.74, 6) is -0.159. The number of likely N-dealkylation sites (N-methyl/N-ethyl adjacent to an activating group) is 1. The highest BCUT2D eigenvalue weighted by Crippen LogP contribution is 2.38. The van der Waals surface area contributed by atoms with Gasteiger partial charge in [0.25, 0.3) is 7.82 Å². The van der Waals surface area contributed by atoms with Crippen molar-refractivity contribution >= 4 is 13.7 Å². The first kappa shape index (κ1) is 59.5. The van der Waals surface area contributed by atoms with Crippen molar-refractivity contribution in [2.75, 3.05) is 40.9 Å². The van der Waals surface area contributed by atoms with Gasteiger partial charge in [-0.05, 0) is 12.8 Å². The Balaban J connectivity index is 4.15. The molecule has 0 aliphatic heterocycles. The summed E-state index contributed by atoms with van der Waals surface area (Å²) < 4.78 is 23.4. The van der Waals surface area contributed by atoms with E-state index in [2.05, 4.69) is 19.2 Å². The minimum Gasteiger partial charge on any atom is -0.756 e. The molecule has 0 bridgehead atoms. The van der Waals surface area contributed by atoms with Gasteiger partial charge in [0.1, 0.15) is 13.2 Å². The lowest BCUT2D eigenvalue weighted by Gasteiger charge is -2.30. The number of hydrogen-bond acceptors (Lipinski definition) is 6. The number of rotatable bonds is 49. The fraction of sp³-hybridized carbons (Fsp3) is 0.980. The van der Waals surface area contributed by atoms with Gasteiger partial charge in [0, 0.05) is 6.42 Å². The van der Waals surface area contributed by atoms with Crippen LogP contribution in [0.5, 0.6) is 0 Å². The summed E-state index contributed by atoms with van der Waals surface area (Å²) in [5, 5.41) is 14.0. The first-order chi connectivity index (χ1) is 29.0. The Morgan fingerprint density at radius 2 is 0.817 bits per heavy atom. The topological polar surface area (TPSA) is 108 Å². The lowest BCUT2D eigenvalue weighted by atomic mass is 10.0. The quantitative estimate of drug-likeness (QED) is 0.0358. The maximum atomic E-state index is 12.9. The van der Waals surface area contributed by atoms with Crippen LogP contribution in [0.3, 0.4) is 0 Å². The molecule has 60 heavy (non-hydrogen) atoms. The molecule has 0 aliphatic rings. The third kappa shape index (κ3) is 45.5. The summed E-state index contributed by atoms with van der Waals surface area (Å²) >= 11 is 0.